The van der Waals surface area contributed by atoms with Crippen molar-refractivity contribution in [1.82, 2.24) is 5.32 Å². The number of nitrogens with one attached hydrogen (secondary N) is 2. The molecule has 2 unspecified atom stereocenters. The Hall–Kier alpha value is -1.80. The third kappa shape index (κ3) is 6.45. The van der Waals surface area contributed by atoms with E-state index in [4.69, 9.17) is 4.74 Å². The summed E-state index contributed by atoms with van der Waals surface area (Å²) in [5.41, 5.74) is 0.413. The highest BCUT2D eigenvalue weighted by atomic mass is 32.2. The second kappa shape index (κ2) is 8.73. The van der Waals surface area contributed by atoms with E-state index in [1.807, 2.05) is 0 Å². The lowest BCUT2D eigenvalue weighted by molar-refractivity contribution is -0.119. The van der Waals surface area contributed by atoms with Gasteiger partial charge in [0.25, 0.3) is 0 Å². The Morgan fingerprint density at radius 2 is 1.91 bits per heavy atom. The molecule has 1 fully saturated rings. The summed E-state index contributed by atoms with van der Waals surface area (Å²) in [7, 11) is -1.60. The number of carbonyl (C=O) groups excluding carboxylic acids is 2. The molecular weight excluding hydrogens is 323 g/mol. The largest absolute Gasteiger partial charge is 0.376 e. The summed E-state index contributed by atoms with van der Waals surface area (Å²) >= 11 is 0. The summed E-state index contributed by atoms with van der Waals surface area (Å²) in [4.78, 5) is 23.4. The van der Waals surface area contributed by atoms with Gasteiger partial charge in [0.1, 0.15) is 17.3 Å². The monoisotopic (exact) mass is 342 g/mol. The highest BCUT2D eigenvalue weighted by Gasteiger charge is 2.17. The van der Waals surface area contributed by atoms with Gasteiger partial charge in [-0.15, -0.1) is 0 Å². The van der Waals surface area contributed by atoms with Gasteiger partial charge in [-0.2, -0.15) is 0 Å². The molecule has 1 aromatic rings. The molecule has 126 valence electrons. The van der Waals surface area contributed by atoms with Crippen LogP contribution in [0.3, 0.4) is 0 Å². The van der Waals surface area contributed by atoms with E-state index in [9.17, 15) is 18.2 Å². The Labute approximate surface area is 136 Å². The second-order valence-corrected chi connectivity index (χ2v) is 6.68. The molecule has 1 saturated heterocycles. The lowest BCUT2D eigenvalue weighted by atomic mass is 10.2. The minimum absolute atomic E-state index is 0.0224. The number of rotatable bonds is 7. The van der Waals surface area contributed by atoms with E-state index in [2.05, 4.69) is 10.6 Å². The van der Waals surface area contributed by atoms with Crippen LogP contribution in [0.2, 0.25) is 0 Å². The molecule has 8 heteroatoms. The number of ether oxygens (including phenoxy) is 1. The van der Waals surface area contributed by atoms with Crippen LogP contribution in [-0.4, -0.2) is 46.8 Å². The van der Waals surface area contributed by atoms with Crippen LogP contribution in [0, 0.1) is 5.82 Å². The molecule has 0 bridgehead atoms. The van der Waals surface area contributed by atoms with Crippen LogP contribution in [0.25, 0.3) is 0 Å². The molecule has 1 aromatic carbocycles. The van der Waals surface area contributed by atoms with E-state index in [1.165, 1.54) is 24.3 Å². The van der Waals surface area contributed by atoms with Crippen molar-refractivity contribution in [2.75, 3.05) is 30.0 Å². The summed E-state index contributed by atoms with van der Waals surface area (Å²) in [6.45, 7) is 1.10. The summed E-state index contributed by atoms with van der Waals surface area (Å²) in [6, 6.07) is 5.24. The summed E-state index contributed by atoms with van der Waals surface area (Å²) in [5.74, 6) is -1.78. The Kier molecular flexibility index (Phi) is 6.66. The van der Waals surface area contributed by atoms with Gasteiger partial charge in [-0.1, -0.05) is 0 Å². The third-order valence-electron chi connectivity index (χ3n) is 3.26. The first-order valence-corrected chi connectivity index (χ1v) is 8.80. The van der Waals surface area contributed by atoms with Crippen LogP contribution in [0.1, 0.15) is 12.8 Å². The average molecular weight is 342 g/mol. The molecule has 0 spiro atoms. The fraction of sp³-hybridized carbons (Fsp3) is 0.467. The fourth-order valence-electron chi connectivity index (χ4n) is 2.16. The van der Waals surface area contributed by atoms with Gasteiger partial charge in [-0.05, 0) is 37.1 Å². The number of anilines is 1. The molecule has 0 saturated carbocycles. The third-order valence-corrected chi connectivity index (χ3v) is 4.43. The van der Waals surface area contributed by atoms with Gasteiger partial charge in [-0.3, -0.25) is 13.8 Å². The maximum absolute atomic E-state index is 12.7. The molecular formula is C15H19FN2O4S. The first-order chi connectivity index (χ1) is 11.0. The van der Waals surface area contributed by atoms with Gasteiger partial charge in [0, 0.05) is 29.6 Å². The fourth-order valence-corrected chi connectivity index (χ4v) is 3.02. The average Bonchev–Trinajstić information content (AvgIpc) is 3.00. The molecule has 2 N–H and O–H groups in total. The molecule has 0 radical (unpaired) electrons. The maximum atomic E-state index is 12.7. The molecule has 0 aliphatic carbocycles. The van der Waals surface area contributed by atoms with Crippen molar-refractivity contribution in [3.8, 4) is 0 Å². The van der Waals surface area contributed by atoms with Gasteiger partial charge in [0.15, 0.2) is 0 Å². The highest BCUT2D eigenvalue weighted by Crippen LogP contribution is 2.10. The van der Waals surface area contributed by atoms with Gasteiger partial charge >= 0.3 is 0 Å². The topological polar surface area (TPSA) is 84.5 Å². The van der Waals surface area contributed by atoms with Crippen LogP contribution in [-0.2, 0) is 25.1 Å². The van der Waals surface area contributed by atoms with Crippen molar-refractivity contribution in [3.05, 3.63) is 30.1 Å². The first-order valence-electron chi connectivity index (χ1n) is 7.31. The van der Waals surface area contributed by atoms with Crippen LogP contribution < -0.4 is 10.6 Å². The first kappa shape index (κ1) is 17.6. The Balaban J connectivity index is 1.67. The van der Waals surface area contributed by atoms with E-state index in [0.717, 1.165) is 12.8 Å². The smallest absolute Gasteiger partial charge is 0.237 e. The molecule has 2 amide bonds. The van der Waals surface area contributed by atoms with Crippen LogP contribution in [0.15, 0.2) is 24.3 Å². The van der Waals surface area contributed by atoms with E-state index >= 15 is 0 Å². The molecule has 2 atom stereocenters. The number of benzene rings is 1. The zero-order valence-electron chi connectivity index (χ0n) is 12.5. The predicted octanol–water partition coefficient (Wildman–Crippen LogP) is 0.808. The Bertz CT molecular complexity index is 573. The van der Waals surface area contributed by atoms with Crippen LogP contribution >= 0.6 is 0 Å². The van der Waals surface area contributed by atoms with Crippen LogP contribution in [0.4, 0.5) is 10.1 Å². The van der Waals surface area contributed by atoms with Crippen molar-refractivity contribution in [3.63, 3.8) is 0 Å². The summed E-state index contributed by atoms with van der Waals surface area (Å²) < 4.78 is 29.9. The quantitative estimate of drug-likeness (QED) is 0.768. The molecule has 1 aliphatic rings. The zero-order chi connectivity index (χ0) is 16.7. The predicted molar refractivity (Wildman–Crippen MR) is 84.9 cm³/mol. The van der Waals surface area contributed by atoms with Crippen molar-refractivity contribution in [1.29, 1.82) is 0 Å². The summed E-state index contributed by atoms with van der Waals surface area (Å²) in [5, 5.41) is 5.15. The van der Waals surface area contributed by atoms with Gasteiger partial charge < -0.3 is 15.4 Å². The Morgan fingerprint density at radius 1 is 1.22 bits per heavy atom. The van der Waals surface area contributed by atoms with Gasteiger partial charge in [-0.25, -0.2) is 4.39 Å². The molecule has 2 rings (SSSR count). The number of hydrogen-bond acceptors (Lipinski definition) is 4. The van der Waals surface area contributed by atoms with E-state index in [-0.39, 0.29) is 23.5 Å². The summed E-state index contributed by atoms with van der Waals surface area (Å²) in [6.07, 6.45) is 1.91. The number of hydrogen-bond donors (Lipinski definition) is 2. The SMILES string of the molecule is O=C(CS(=O)CC(=O)Nc1ccc(F)cc1)NCC1CCCO1. The van der Waals surface area contributed by atoms with E-state index in [1.54, 1.807) is 0 Å². The highest BCUT2D eigenvalue weighted by molar-refractivity contribution is 7.86. The number of amides is 2. The van der Waals surface area contributed by atoms with Crippen molar-refractivity contribution in [2.45, 2.75) is 18.9 Å². The normalized spacial score (nSPS) is 18.4. The van der Waals surface area contributed by atoms with Gasteiger partial charge in [0.05, 0.1) is 6.10 Å². The number of carbonyl (C=O) groups is 2. The standard InChI is InChI=1S/C15H19FN2O4S/c16-11-3-5-12(6-4-11)18-15(20)10-23(21)9-14(19)17-8-13-2-1-7-22-13/h3-6,13H,1-2,7-10H2,(H,17,19)(H,18,20). The molecule has 6 nitrogen and oxygen atoms in total. The second-order valence-electron chi connectivity index (χ2n) is 5.22. The lowest BCUT2D eigenvalue weighted by Gasteiger charge is -2.10. The molecule has 1 aliphatic heterocycles. The van der Waals surface area contributed by atoms with E-state index < -0.39 is 22.5 Å². The van der Waals surface area contributed by atoms with Gasteiger partial charge in [0.2, 0.25) is 11.8 Å². The van der Waals surface area contributed by atoms with E-state index in [0.29, 0.717) is 18.8 Å². The minimum Gasteiger partial charge on any atom is -0.376 e. The van der Waals surface area contributed by atoms with Crippen molar-refractivity contribution < 1.29 is 22.9 Å². The van der Waals surface area contributed by atoms with Crippen molar-refractivity contribution in [2.24, 2.45) is 0 Å². The number of halogens is 1. The minimum atomic E-state index is -1.60. The zero-order valence-corrected chi connectivity index (χ0v) is 13.4. The lowest BCUT2D eigenvalue weighted by Crippen LogP contribution is -2.35. The molecule has 1 heterocycles. The Morgan fingerprint density at radius 3 is 2.57 bits per heavy atom. The van der Waals surface area contributed by atoms with Crippen LogP contribution in [0.5, 0.6) is 0 Å². The maximum Gasteiger partial charge on any atom is 0.237 e. The molecule has 23 heavy (non-hydrogen) atoms. The molecule has 0 aromatic heterocycles. The van der Waals surface area contributed by atoms with Crippen molar-refractivity contribution >= 4 is 28.3 Å².